The maximum Gasteiger partial charge on any atom is 0.320 e. The van der Waals surface area contributed by atoms with Gasteiger partial charge in [0.05, 0.1) is 10.7 Å². The van der Waals surface area contributed by atoms with Crippen molar-refractivity contribution in [1.29, 1.82) is 0 Å². The van der Waals surface area contributed by atoms with Crippen LogP contribution in [0.5, 0.6) is 0 Å². The zero-order valence-corrected chi connectivity index (χ0v) is 11.4. The molecular weight excluding hydrogens is 236 g/mol. The van der Waals surface area contributed by atoms with Crippen LogP contribution in [-0.4, -0.2) is 22.1 Å². The highest BCUT2D eigenvalue weighted by molar-refractivity contribution is 7.09. The molecule has 0 amide bonds. The van der Waals surface area contributed by atoms with Gasteiger partial charge in [0.1, 0.15) is 6.04 Å². The summed E-state index contributed by atoms with van der Waals surface area (Å²) in [5.41, 5.74) is 0.932. The first-order valence-electron chi connectivity index (χ1n) is 5.92. The predicted octanol–water partition coefficient (Wildman–Crippen LogP) is 2.29. The summed E-state index contributed by atoms with van der Waals surface area (Å²) in [5, 5.41) is 15.2. The van der Waals surface area contributed by atoms with Crippen LogP contribution in [0.1, 0.15) is 37.9 Å². The van der Waals surface area contributed by atoms with Crippen molar-refractivity contribution < 1.29 is 9.90 Å². The molecule has 1 atom stereocenters. The number of carboxylic acids is 1. The van der Waals surface area contributed by atoms with Crippen LogP contribution < -0.4 is 5.32 Å². The summed E-state index contributed by atoms with van der Waals surface area (Å²) in [4.78, 5) is 15.4. The molecule has 1 unspecified atom stereocenters. The fourth-order valence-corrected chi connectivity index (χ4v) is 2.31. The third-order valence-electron chi connectivity index (χ3n) is 2.44. The molecule has 0 aromatic carbocycles. The van der Waals surface area contributed by atoms with Gasteiger partial charge in [0, 0.05) is 11.9 Å². The smallest absolute Gasteiger partial charge is 0.320 e. The second kappa shape index (κ2) is 6.71. The molecule has 1 aromatic rings. The van der Waals surface area contributed by atoms with Gasteiger partial charge in [-0.05, 0) is 18.8 Å². The largest absolute Gasteiger partial charge is 0.480 e. The topological polar surface area (TPSA) is 62.2 Å². The Hall–Kier alpha value is -0.940. The van der Waals surface area contributed by atoms with Gasteiger partial charge in [-0.15, -0.1) is 11.3 Å². The van der Waals surface area contributed by atoms with E-state index in [1.54, 1.807) is 11.3 Å². The van der Waals surface area contributed by atoms with E-state index in [2.05, 4.69) is 17.2 Å². The second-order valence-electron chi connectivity index (χ2n) is 4.49. The second-order valence-corrected chi connectivity index (χ2v) is 5.43. The first-order valence-corrected chi connectivity index (χ1v) is 6.80. The molecule has 17 heavy (non-hydrogen) atoms. The van der Waals surface area contributed by atoms with Crippen LogP contribution in [0.3, 0.4) is 0 Å². The Labute approximate surface area is 106 Å². The first-order chi connectivity index (χ1) is 8.02. The predicted molar refractivity (Wildman–Crippen MR) is 69.2 cm³/mol. The van der Waals surface area contributed by atoms with E-state index in [1.165, 1.54) is 0 Å². The molecule has 0 fully saturated rings. The molecule has 0 radical (unpaired) electrons. The SMILES string of the molecule is CCc1nc(CNC(CC(C)C)C(=O)O)cs1. The van der Waals surface area contributed by atoms with Crippen LogP contribution in [0.25, 0.3) is 0 Å². The van der Waals surface area contributed by atoms with Crippen molar-refractivity contribution in [3.05, 3.63) is 16.1 Å². The van der Waals surface area contributed by atoms with E-state index >= 15 is 0 Å². The van der Waals surface area contributed by atoms with E-state index in [0.717, 1.165) is 17.1 Å². The van der Waals surface area contributed by atoms with Crippen LogP contribution in [-0.2, 0) is 17.8 Å². The molecule has 1 heterocycles. The molecular formula is C12H20N2O2S. The van der Waals surface area contributed by atoms with Crippen molar-refractivity contribution in [3.8, 4) is 0 Å². The lowest BCUT2D eigenvalue weighted by Gasteiger charge is -2.15. The van der Waals surface area contributed by atoms with Crippen molar-refractivity contribution in [2.45, 2.75) is 46.2 Å². The minimum absolute atomic E-state index is 0.366. The minimum atomic E-state index is -0.787. The Bertz CT molecular complexity index is 363. The summed E-state index contributed by atoms with van der Waals surface area (Å²) in [7, 11) is 0. The Morgan fingerprint density at radius 3 is 2.76 bits per heavy atom. The van der Waals surface area contributed by atoms with Crippen molar-refractivity contribution in [3.63, 3.8) is 0 Å². The van der Waals surface area contributed by atoms with E-state index < -0.39 is 12.0 Å². The molecule has 0 aliphatic rings. The Morgan fingerprint density at radius 2 is 2.29 bits per heavy atom. The molecule has 0 bridgehead atoms. The summed E-state index contributed by atoms with van der Waals surface area (Å²) in [6, 6.07) is -0.484. The number of aryl methyl sites for hydroxylation is 1. The molecule has 0 saturated heterocycles. The number of hydrogen-bond donors (Lipinski definition) is 2. The molecule has 1 rings (SSSR count). The van der Waals surface area contributed by atoms with Crippen molar-refractivity contribution in [1.82, 2.24) is 10.3 Å². The number of thiazole rings is 1. The lowest BCUT2D eigenvalue weighted by atomic mass is 10.0. The van der Waals surface area contributed by atoms with Crippen molar-refractivity contribution >= 4 is 17.3 Å². The lowest BCUT2D eigenvalue weighted by Crippen LogP contribution is -2.37. The Kier molecular flexibility index (Phi) is 5.58. The molecule has 2 N–H and O–H groups in total. The Balaban J connectivity index is 2.48. The van der Waals surface area contributed by atoms with Gasteiger partial charge in [-0.2, -0.15) is 0 Å². The van der Waals surface area contributed by atoms with Crippen LogP contribution in [0.15, 0.2) is 5.38 Å². The van der Waals surface area contributed by atoms with E-state index in [0.29, 0.717) is 18.9 Å². The summed E-state index contributed by atoms with van der Waals surface area (Å²) in [6.07, 6.45) is 1.57. The van der Waals surface area contributed by atoms with Gasteiger partial charge in [-0.25, -0.2) is 4.98 Å². The number of nitrogens with zero attached hydrogens (tertiary/aromatic N) is 1. The molecule has 0 aliphatic carbocycles. The molecule has 0 saturated carbocycles. The standard InChI is InChI=1S/C12H20N2O2S/c1-4-11-14-9(7-17-11)6-13-10(12(15)16)5-8(2)3/h7-8,10,13H,4-6H2,1-3H3,(H,15,16). The fraction of sp³-hybridized carbons (Fsp3) is 0.667. The van der Waals surface area contributed by atoms with Gasteiger partial charge < -0.3 is 5.11 Å². The molecule has 0 aliphatic heterocycles. The van der Waals surface area contributed by atoms with Gasteiger partial charge in [0.25, 0.3) is 0 Å². The highest BCUT2D eigenvalue weighted by Gasteiger charge is 2.18. The lowest BCUT2D eigenvalue weighted by molar-refractivity contribution is -0.140. The first kappa shape index (κ1) is 14.1. The summed E-state index contributed by atoms with van der Waals surface area (Å²) in [5.74, 6) is -0.421. The maximum absolute atomic E-state index is 11.0. The zero-order chi connectivity index (χ0) is 12.8. The number of aliphatic carboxylic acids is 1. The quantitative estimate of drug-likeness (QED) is 0.785. The summed E-state index contributed by atoms with van der Waals surface area (Å²) >= 11 is 1.62. The normalized spacial score (nSPS) is 12.9. The highest BCUT2D eigenvalue weighted by atomic mass is 32.1. The van der Waals surface area contributed by atoms with Gasteiger partial charge in [-0.1, -0.05) is 20.8 Å². The summed E-state index contributed by atoms with van der Waals surface area (Å²) in [6.45, 7) is 6.64. The number of carbonyl (C=O) groups is 1. The maximum atomic E-state index is 11.0. The van der Waals surface area contributed by atoms with Crippen LogP contribution >= 0.6 is 11.3 Å². The van der Waals surface area contributed by atoms with Crippen LogP contribution in [0, 0.1) is 5.92 Å². The van der Waals surface area contributed by atoms with Gasteiger partial charge in [0.15, 0.2) is 0 Å². The third kappa shape index (κ3) is 4.83. The van der Waals surface area contributed by atoms with E-state index in [-0.39, 0.29) is 0 Å². The molecule has 4 nitrogen and oxygen atoms in total. The zero-order valence-electron chi connectivity index (χ0n) is 10.6. The van der Waals surface area contributed by atoms with E-state index in [4.69, 9.17) is 5.11 Å². The van der Waals surface area contributed by atoms with Crippen LogP contribution in [0.4, 0.5) is 0 Å². The number of carboxylic acid groups (broad SMARTS) is 1. The fourth-order valence-electron chi connectivity index (χ4n) is 1.56. The van der Waals surface area contributed by atoms with E-state index in [1.807, 2.05) is 19.2 Å². The van der Waals surface area contributed by atoms with Gasteiger partial charge in [-0.3, -0.25) is 10.1 Å². The third-order valence-corrected chi connectivity index (χ3v) is 3.48. The molecule has 0 spiro atoms. The molecule has 96 valence electrons. The number of aromatic nitrogens is 1. The molecule has 5 heteroatoms. The Morgan fingerprint density at radius 1 is 1.59 bits per heavy atom. The molecule has 1 aromatic heterocycles. The number of hydrogen-bond acceptors (Lipinski definition) is 4. The average Bonchev–Trinajstić information content (AvgIpc) is 2.71. The van der Waals surface area contributed by atoms with Gasteiger partial charge >= 0.3 is 5.97 Å². The van der Waals surface area contributed by atoms with E-state index in [9.17, 15) is 4.79 Å². The number of rotatable bonds is 7. The van der Waals surface area contributed by atoms with Crippen molar-refractivity contribution in [2.24, 2.45) is 5.92 Å². The van der Waals surface area contributed by atoms with Gasteiger partial charge in [0.2, 0.25) is 0 Å². The average molecular weight is 256 g/mol. The minimum Gasteiger partial charge on any atom is -0.480 e. The highest BCUT2D eigenvalue weighted by Crippen LogP contribution is 2.11. The van der Waals surface area contributed by atoms with Crippen molar-refractivity contribution in [2.75, 3.05) is 0 Å². The number of nitrogens with one attached hydrogen (secondary N) is 1. The summed E-state index contributed by atoms with van der Waals surface area (Å²) < 4.78 is 0. The van der Waals surface area contributed by atoms with Crippen LogP contribution in [0.2, 0.25) is 0 Å². The monoisotopic (exact) mass is 256 g/mol.